The van der Waals surface area contributed by atoms with Crippen molar-refractivity contribution in [2.24, 2.45) is 0 Å². The fourth-order valence-corrected chi connectivity index (χ4v) is 2.45. The second kappa shape index (κ2) is 5.26. The van der Waals surface area contributed by atoms with Gasteiger partial charge in [-0.05, 0) is 17.7 Å². The van der Waals surface area contributed by atoms with Crippen LogP contribution in [-0.4, -0.2) is 45.1 Å². The van der Waals surface area contributed by atoms with Gasteiger partial charge in [-0.25, -0.2) is 0 Å². The van der Waals surface area contributed by atoms with E-state index in [0.29, 0.717) is 19.0 Å². The highest BCUT2D eigenvalue weighted by atomic mass is 19.4. The van der Waals surface area contributed by atoms with Crippen molar-refractivity contribution >= 4 is 5.69 Å². The number of hydrogen-bond donors (Lipinski definition) is 1. The van der Waals surface area contributed by atoms with Gasteiger partial charge in [-0.15, -0.1) is 0 Å². The maximum atomic E-state index is 12.0. The van der Waals surface area contributed by atoms with E-state index in [0.717, 1.165) is 18.8 Å². The summed E-state index contributed by atoms with van der Waals surface area (Å²) in [6, 6.07) is 8.27. The number of ether oxygens (including phenoxy) is 1. The molecule has 2 aliphatic heterocycles. The molecule has 1 aromatic rings. The lowest BCUT2D eigenvalue weighted by Gasteiger charge is -2.41. The predicted molar refractivity (Wildman–Crippen MR) is 70.1 cm³/mol. The van der Waals surface area contributed by atoms with E-state index in [1.165, 1.54) is 5.56 Å². The summed E-state index contributed by atoms with van der Waals surface area (Å²) in [4.78, 5) is 2.03. The Kier molecular flexibility index (Phi) is 3.60. The molecule has 0 radical (unpaired) electrons. The summed E-state index contributed by atoms with van der Waals surface area (Å²) >= 11 is 0. The number of halogens is 3. The molecule has 0 amide bonds. The third kappa shape index (κ3) is 3.07. The molecule has 20 heavy (non-hydrogen) atoms. The summed E-state index contributed by atoms with van der Waals surface area (Å²) in [6.07, 6.45) is -4.55. The Morgan fingerprint density at radius 1 is 1.15 bits per heavy atom. The molecule has 2 saturated heterocycles. The van der Waals surface area contributed by atoms with Crippen LogP contribution in [0.5, 0.6) is 0 Å². The van der Waals surface area contributed by atoms with Gasteiger partial charge in [0.25, 0.3) is 0 Å². The minimum Gasteiger partial charge on any atom is -0.366 e. The Bertz CT molecular complexity index is 450. The third-order valence-electron chi connectivity index (χ3n) is 3.84. The molecule has 6 heteroatoms. The lowest BCUT2D eigenvalue weighted by atomic mass is 9.93. The van der Waals surface area contributed by atoms with E-state index >= 15 is 0 Å². The van der Waals surface area contributed by atoms with Crippen LogP contribution in [0.1, 0.15) is 11.5 Å². The highest BCUT2D eigenvalue weighted by molar-refractivity contribution is 5.50. The first-order chi connectivity index (χ1) is 9.51. The minimum absolute atomic E-state index is 0.313. The number of alkyl halides is 3. The van der Waals surface area contributed by atoms with Gasteiger partial charge in [-0.3, -0.25) is 0 Å². The highest BCUT2D eigenvalue weighted by Gasteiger charge is 2.34. The maximum Gasteiger partial charge on any atom is 0.411 e. The number of rotatable bonds is 4. The van der Waals surface area contributed by atoms with Crippen molar-refractivity contribution in [2.45, 2.75) is 18.2 Å². The molecule has 2 heterocycles. The van der Waals surface area contributed by atoms with E-state index in [4.69, 9.17) is 4.74 Å². The van der Waals surface area contributed by atoms with Crippen molar-refractivity contribution in [1.29, 1.82) is 0 Å². The minimum atomic E-state index is -4.24. The summed E-state index contributed by atoms with van der Waals surface area (Å²) in [5.74, 6) is 0.600. The van der Waals surface area contributed by atoms with Crippen molar-refractivity contribution in [3.63, 3.8) is 0 Å². The van der Waals surface area contributed by atoms with Crippen LogP contribution >= 0.6 is 0 Å². The molecule has 0 aliphatic carbocycles. The zero-order valence-corrected chi connectivity index (χ0v) is 11.0. The van der Waals surface area contributed by atoms with E-state index in [9.17, 15) is 13.2 Å². The molecule has 1 aromatic carbocycles. The van der Waals surface area contributed by atoms with Crippen LogP contribution in [0.3, 0.4) is 0 Å². The number of hydrogen-bond acceptors (Lipinski definition) is 3. The molecular formula is C14H17F3N2O. The van der Waals surface area contributed by atoms with Crippen LogP contribution in [-0.2, 0) is 4.74 Å². The normalized spacial score (nSPS) is 20.6. The van der Waals surface area contributed by atoms with Crippen molar-refractivity contribution in [3.8, 4) is 0 Å². The van der Waals surface area contributed by atoms with Gasteiger partial charge >= 0.3 is 6.18 Å². The molecule has 2 aliphatic rings. The molecular weight excluding hydrogens is 269 g/mol. The second-order valence-electron chi connectivity index (χ2n) is 5.40. The maximum absolute atomic E-state index is 12.0. The van der Waals surface area contributed by atoms with Crippen molar-refractivity contribution in [1.82, 2.24) is 5.32 Å². The van der Waals surface area contributed by atoms with E-state index in [1.807, 2.05) is 17.0 Å². The van der Waals surface area contributed by atoms with Crippen molar-refractivity contribution in [2.75, 3.05) is 37.7 Å². The largest absolute Gasteiger partial charge is 0.411 e. The second-order valence-corrected chi connectivity index (χ2v) is 5.40. The van der Waals surface area contributed by atoms with Gasteiger partial charge in [0.15, 0.2) is 0 Å². The smallest absolute Gasteiger partial charge is 0.366 e. The van der Waals surface area contributed by atoms with E-state index in [2.05, 4.69) is 17.4 Å². The molecule has 0 unspecified atom stereocenters. The van der Waals surface area contributed by atoms with Gasteiger partial charge in [-0.1, -0.05) is 12.1 Å². The lowest BCUT2D eigenvalue weighted by Crippen LogP contribution is -2.53. The number of nitrogens with zero attached hydrogens (tertiary/aromatic N) is 1. The topological polar surface area (TPSA) is 24.5 Å². The number of benzene rings is 1. The zero-order chi connectivity index (χ0) is 14.2. The zero-order valence-electron chi connectivity index (χ0n) is 11.0. The lowest BCUT2D eigenvalue weighted by molar-refractivity contribution is -0.187. The summed E-state index contributed by atoms with van der Waals surface area (Å²) in [6.45, 7) is 1.95. The first kappa shape index (κ1) is 13.7. The van der Waals surface area contributed by atoms with E-state index in [1.54, 1.807) is 0 Å². The van der Waals surface area contributed by atoms with Gasteiger partial charge in [-0.2, -0.15) is 13.2 Å². The quantitative estimate of drug-likeness (QED) is 0.918. The molecule has 0 bridgehead atoms. The van der Waals surface area contributed by atoms with Crippen LogP contribution in [0.15, 0.2) is 24.3 Å². The standard InChI is InChI=1S/C14H17F3N2O/c15-14(16,17)9-20-13-7-19(8-13)12-3-1-10(2-4-12)11-5-18-6-11/h1-4,11,13,18H,5-9H2. The van der Waals surface area contributed by atoms with Gasteiger partial charge in [0, 0.05) is 37.8 Å². The van der Waals surface area contributed by atoms with Crippen molar-refractivity contribution in [3.05, 3.63) is 29.8 Å². The van der Waals surface area contributed by atoms with E-state index in [-0.39, 0.29) is 6.10 Å². The van der Waals surface area contributed by atoms with Gasteiger partial charge in [0.1, 0.15) is 6.61 Å². The van der Waals surface area contributed by atoms with Gasteiger partial charge in [0.2, 0.25) is 0 Å². The van der Waals surface area contributed by atoms with Crippen LogP contribution in [0.25, 0.3) is 0 Å². The molecule has 0 saturated carbocycles. The molecule has 0 spiro atoms. The Morgan fingerprint density at radius 3 is 2.30 bits per heavy atom. The monoisotopic (exact) mass is 286 g/mol. The molecule has 3 nitrogen and oxygen atoms in total. The summed E-state index contributed by atoms with van der Waals surface area (Å²) < 4.78 is 40.8. The third-order valence-corrected chi connectivity index (χ3v) is 3.84. The Labute approximate surface area is 115 Å². The molecule has 110 valence electrons. The summed E-state index contributed by atoms with van der Waals surface area (Å²) in [7, 11) is 0. The Balaban J connectivity index is 1.47. The molecule has 2 fully saturated rings. The fraction of sp³-hybridized carbons (Fsp3) is 0.571. The first-order valence-electron chi connectivity index (χ1n) is 6.75. The summed E-state index contributed by atoms with van der Waals surface area (Å²) in [5, 5.41) is 3.23. The molecule has 1 N–H and O–H groups in total. The molecule has 0 atom stereocenters. The van der Waals surface area contributed by atoms with Crippen LogP contribution in [0.4, 0.5) is 18.9 Å². The Morgan fingerprint density at radius 2 is 1.80 bits per heavy atom. The van der Waals surface area contributed by atoms with E-state index < -0.39 is 12.8 Å². The SMILES string of the molecule is FC(F)(F)COC1CN(c2ccc(C3CNC3)cc2)C1. The average Bonchev–Trinajstić information content (AvgIpc) is 2.25. The van der Waals surface area contributed by atoms with Crippen LogP contribution < -0.4 is 10.2 Å². The number of nitrogens with one attached hydrogen (secondary N) is 1. The van der Waals surface area contributed by atoms with Crippen LogP contribution in [0.2, 0.25) is 0 Å². The van der Waals surface area contributed by atoms with Gasteiger partial charge in [0.05, 0.1) is 6.10 Å². The van der Waals surface area contributed by atoms with Crippen molar-refractivity contribution < 1.29 is 17.9 Å². The highest BCUT2D eigenvalue weighted by Crippen LogP contribution is 2.27. The van der Waals surface area contributed by atoms with Gasteiger partial charge < -0.3 is 15.0 Å². The summed E-state index contributed by atoms with van der Waals surface area (Å²) in [5.41, 5.74) is 2.37. The Hall–Kier alpha value is -1.27. The first-order valence-corrected chi connectivity index (χ1v) is 6.75. The fourth-order valence-electron chi connectivity index (χ4n) is 2.45. The average molecular weight is 286 g/mol. The number of anilines is 1. The predicted octanol–water partition coefficient (Wildman–Crippen LogP) is 2.14. The molecule has 3 rings (SSSR count). The van der Waals surface area contributed by atoms with Crippen LogP contribution in [0, 0.1) is 0 Å². The molecule has 0 aromatic heterocycles.